The molecule has 0 radical (unpaired) electrons. The fourth-order valence-electron chi connectivity index (χ4n) is 2.51. The van der Waals surface area contributed by atoms with Crippen molar-refractivity contribution < 1.29 is 14.7 Å². The van der Waals surface area contributed by atoms with Crippen molar-refractivity contribution in [3.8, 4) is 0 Å². The summed E-state index contributed by atoms with van der Waals surface area (Å²) in [6.07, 6.45) is 4.64. The van der Waals surface area contributed by atoms with Gasteiger partial charge in [-0.25, -0.2) is 4.79 Å². The third kappa shape index (κ3) is 5.39. The first-order valence-corrected chi connectivity index (χ1v) is 7.60. The van der Waals surface area contributed by atoms with E-state index in [1.807, 2.05) is 0 Å². The van der Waals surface area contributed by atoms with Gasteiger partial charge in [0.2, 0.25) is 0 Å². The van der Waals surface area contributed by atoms with Gasteiger partial charge in [0.25, 0.3) is 0 Å². The van der Waals surface area contributed by atoms with Crippen LogP contribution in [0, 0.1) is 17.3 Å². The van der Waals surface area contributed by atoms with Crippen LogP contribution in [-0.4, -0.2) is 30.2 Å². The first-order chi connectivity index (χ1) is 9.35. The van der Waals surface area contributed by atoms with Crippen LogP contribution in [0.15, 0.2) is 0 Å². The first kappa shape index (κ1) is 16.8. The minimum atomic E-state index is -0.732. The minimum Gasteiger partial charge on any atom is -0.481 e. The van der Waals surface area contributed by atoms with Crippen LogP contribution < -0.4 is 10.6 Å². The van der Waals surface area contributed by atoms with E-state index in [9.17, 15) is 14.7 Å². The molecule has 1 aliphatic carbocycles. The number of carboxylic acids is 1. The molecule has 0 aromatic rings. The molecule has 1 rings (SSSR count). The molecule has 0 spiro atoms. The van der Waals surface area contributed by atoms with Crippen LogP contribution in [0.25, 0.3) is 0 Å². The van der Waals surface area contributed by atoms with E-state index in [4.69, 9.17) is 0 Å². The second-order valence-electron chi connectivity index (χ2n) is 6.57. The summed E-state index contributed by atoms with van der Waals surface area (Å²) in [6.45, 7) is 7.39. The molecule has 5 nitrogen and oxygen atoms in total. The number of rotatable bonds is 6. The summed E-state index contributed by atoms with van der Waals surface area (Å²) in [4.78, 5) is 22.9. The molecule has 0 saturated heterocycles. The molecular formula is C15H28N2O3. The zero-order valence-corrected chi connectivity index (χ0v) is 12.9. The standard InChI is InChI=1S/C15H28N2O3/c1-4-15(2,3)10-17-14(20)16-9-11-7-5-6-8-12(11)13(18)19/h11-12H,4-10H2,1-3H3,(H,18,19)(H2,16,17,20). The van der Waals surface area contributed by atoms with Gasteiger partial charge in [-0.2, -0.15) is 0 Å². The van der Waals surface area contributed by atoms with Crippen molar-refractivity contribution in [3.05, 3.63) is 0 Å². The SMILES string of the molecule is CCC(C)(C)CNC(=O)NCC1CCCCC1C(=O)O. The van der Waals surface area contributed by atoms with Crippen molar-refractivity contribution in [2.75, 3.05) is 13.1 Å². The van der Waals surface area contributed by atoms with Gasteiger partial charge in [-0.1, -0.05) is 33.6 Å². The minimum absolute atomic E-state index is 0.0613. The molecule has 0 heterocycles. The highest BCUT2D eigenvalue weighted by molar-refractivity contribution is 5.74. The van der Waals surface area contributed by atoms with E-state index in [-0.39, 0.29) is 23.3 Å². The molecule has 0 aliphatic heterocycles. The molecule has 1 fully saturated rings. The summed E-state index contributed by atoms with van der Waals surface area (Å²) in [5.41, 5.74) is 0.0891. The molecule has 2 unspecified atom stereocenters. The average Bonchev–Trinajstić information content (AvgIpc) is 2.43. The van der Waals surface area contributed by atoms with Crippen molar-refractivity contribution in [1.82, 2.24) is 10.6 Å². The van der Waals surface area contributed by atoms with Crippen LogP contribution in [0.2, 0.25) is 0 Å². The lowest BCUT2D eigenvalue weighted by atomic mass is 9.79. The van der Waals surface area contributed by atoms with Gasteiger partial charge >= 0.3 is 12.0 Å². The van der Waals surface area contributed by atoms with Crippen LogP contribution in [-0.2, 0) is 4.79 Å². The number of urea groups is 1. The molecule has 0 aromatic carbocycles. The van der Waals surface area contributed by atoms with Crippen LogP contribution in [0.3, 0.4) is 0 Å². The first-order valence-electron chi connectivity index (χ1n) is 7.60. The molecule has 5 heteroatoms. The van der Waals surface area contributed by atoms with Gasteiger partial charge in [-0.15, -0.1) is 0 Å². The fourth-order valence-corrected chi connectivity index (χ4v) is 2.51. The van der Waals surface area contributed by atoms with Crippen LogP contribution >= 0.6 is 0 Å². The van der Waals surface area contributed by atoms with Crippen LogP contribution in [0.1, 0.15) is 52.9 Å². The second kappa shape index (κ2) is 7.50. The molecule has 20 heavy (non-hydrogen) atoms. The average molecular weight is 284 g/mol. The molecule has 2 atom stereocenters. The van der Waals surface area contributed by atoms with Crippen molar-refractivity contribution in [2.24, 2.45) is 17.3 Å². The number of aliphatic carboxylic acids is 1. The van der Waals surface area contributed by atoms with Gasteiger partial charge in [0.1, 0.15) is 0 Å². The van der Waals surface area contributed by atoms with Gasteiger partial charge in [-0.3, -0.25) is 4.79 Å². The lowest BCUT2D eigenvalue weighted by Gasteiger charge is -2.29. The van der Waals surface area contributed by atoms with Crippen molar-refractivity contribution in [2.45, 2.75) is 52.9 Å². The Hall–Kier alpha value is -1.26. The number of carbonyl (C=O) groups is 2. The fraction of sp³-hybridized carbons (Fsp3) is 0.867. The van der Waals surface area contributed by atoms with Crippen molar-refractivity contribution in [1.29, 1.82) is 0 Å². The number of hydrogen-bond acceptors (Lipinski definition) is 2. The summed E-state index contributed by atoms with van der Waals surface area (Å²) in [5.74, 6) is -0.980. The number of carbonyl (C=O) groups excluding carboxylic acids is 1. The Morgan fingerprint density at radius 3 is 2.45 bits per heavy atom. The smallest absolute Gasteiger partial charge is 0.314 e. The Kier molecular flexibility index (Phi) is 6.30. The maximum Gasteiger partial charge on any atom is 0.314 e. The van der Waals surface area contributed by atoms with Gasteiger partial charge < -0.3 is 15.7 Å². The highest BCUT2D eigenvalue weighted by atomic mass is 16.4. The molecule has 3 N–H and O–H groups in total. The van der Waals surface area contributed by atoms with Crippen molar-refractivity contribution >= 4 is 12.0 Å². The summed E-state index contributed by atoms with van der Waals surface area (Å²) < 4.78 is 0. The molecule has 1 saturated carbocycles. The van der Waals surface area contributed by atoms with E-state index in [1.165, 1.54) is 0 Å². The molecule has 2 amide bonds. The van der Waals surface area contributed by atoms with E-state index in [0.29, 0.717) is 13.1 Å². The summed E-state index contributed by atoms with van der Waals surface area (Å²) in [7, 11) is 0. The summed E-state index contributed by atoms with van der Waals surface area (Å²) in [5, 5.41) is 14.9. The Labute approximate surface area is 121 Å². The van der Waals surface area contributed by atoms with Crippen LogP contribution in [0.4, 0.5) is 4.79 Å². The second-order valence-corrected chi connectivity index (χ2v) is 6.57. The molecule has 0 aromatic heterocycles. The van der Waals surface area contributed by atoms with Crippen LogP contribution in [0.5, 0.6) is 0 Å². The lowest BCUT2D eigenvalue weighted by Crippen LogP contribution is -2.44. The molecule has 0 bridgehead atoms. The number of hydrogen-bond donors (Lipinski definition) is 3. The largest absolute Gasteiger partial charge is 0.481 e. The lowest BCUT2D eigenvalue weighted by molar-refractivity contribution is -0.144. The van der Waals surface area contributed by atoms with E-state index >= 15 is 0 Å². The summed E-state index contributed by atoms with van der Waals surface area (Å²) in [6, 6.07) is -0.193. The predicted octanol–water partition coefficient (Wildman–Crippen LogP) is 2.61. The highest BCUT2D eigenvalue weighted by Crippen LogP contribution is 2.29. The van der Waals surface area contributed by atoms with E-state index in [0.717, 1.165) is 32.1 Å². The normalized spacial score (nSPS) is 23.1. The topological polar surface area (TPSA) is 78.4 Å². The third-order valence-corrected chi connectivity index (χ3v) is 4.44. The monoisotopic (exact) mass is 284 g/mol. The summed E-state index contributed by atoms with van der Waals surface area (Å²) >= 11 is 0. The molecule has 1 aliphatic rings. The molecular weight excluding hydrogens is 256 g/mol. The quantitative estimate of drug-likeness (QED) is 0.701. The maximum absolute atomic E-state index is 11.8. The Balaban J connectivity index is 2.34. The zero-order chi connectivity index (χ0) is 15.2. The van der Waals surface area contributed by atoms with E-state index in [1.54, 1.807) is 0 Å². The predicted molar refractivity (Wildman–Crippen MR) is 78.6 cm³/mol. The maximum atomic E-state index is 11.8. The van der Waals surface area contributed by atoms with Crippen molar-refractivity contribution in [3.63, 3.8) is 0 Å². The van der Waals surface area contributed by atoms with Gasteiger partial charge in [0, 0.05) is 13.1 Å². The highest BCUT2D eigenvalue weighted by Gasteiger charge is 2.30. The van der Waals surface area contributed by atoms with E-state index in [2.05, 4.69) is 31.4 Å². The molecule has 116 valence electrons. The Bertz CT molecular complexity index is 342. The van der Waals surface area contributed by atoms with Gasteiger partial charge in [0.15, 0.2) is 0 Å². The third-order valence-electron chi connectivity index (χ3n) is 4.44. The Morgan fingerprint density at radius 2 is 1.85 bits per heavy atom. The number of amides is 2. The Morgan fingerprint density at radius 1 is 1.20 bits per heavy atom. The van der Waals surface area contributed by atoms with Gasteiger partial charge in [0.05, 0.1) is 5.92 Å². The number of nitrogens with one attached hydrogen (secondary N) is 2. The van der Waals surface area contributed by atoms with E-state index < -0.39 is 5.97 Å². The van der Waals surface area contributed by atoms with Gasteiger partial charge in [-0.05, 0) is 30.6 Å². The zero-order valence-electron chi connectivity index (χ0n) is 12.9. The number of carboxylic acid groups (broad SMARTS) is 1.